The molecule has 1 rings (SSSR count). The van der Waals surface area contributed by atoms with E-state index >= 15 is 0 Å². The van der Waals surface area contributed by atoms with E-state index in [9.17, 15) is 9.18 Å². The van der Waals surface area contributed by atoms with Crippen LogP contribution < -0.4 is 5.32 Å². The summed E-state index contributed by atoms with van der Waals surface area (Å²) in [5, 5.41) is 2.82. The predicted molar refractivity (Wildman–Crippen MR) is 72.8 cm³/mol. The topological polar surface area (TPSA) is 29.1 Å². The first-order valence-electron chi connectivity index (χ1n) is 5.77. The van der Waals surface area contributed by atoms with Crippen LogP contribution in [0.25, 0.3) is 0 Å². The molecule has 0 heterocycles. The van der Waals surface area contributed by atoms with Gasteiger partial charge >= 0.3 is 0 Å². The van der Waals surface area contributed by atoms with Gasteiger partial charge in [-0.05, 0) is 30.5 Å². The Balaban J connectivity index is 2.77. The lowest BCUT2D eigenvalue weighted by molar-refractivity contribution is 0.0925. The molecule has 0 bridgehead atoms. The minimum atomic E-state index is -0.533. The molecule has 0 saturated heterocycles. The number of carbonyl (C=O) groups excluding carboxylic acids is 1. The number of hydrogen-bond donors (Lipinski definition) is 1. The van der Waals surface area contributed by atoms with Crippen LogP contribution in [0.4, 0.5) is 4.39 Å². The molecule has 0 aliphatic carbocycles. The molecule has 1 aromatic carbocycles. The fourth-order valence-electron chi connectivity index (χ4n) is 1.58. The molecule has 1 atom stereocenters. The van der Waals surface area contributed by atoms with Crippen molar-refractivity contribution in [3.8, 4) is 0 Å². The summed E-state index contributed by atoms with van der Waals surface area (Å²) >= 11 is 11.3. The quantitative estimate of drug-likeness (QED) is 0.820. The first-order valence-corrected chi connectivity index (χ1v) is 6.68. The van der Waals surface area contributed by atoms with Crippen LogP contribution in [-0.4, -0.2) is 17.8 Å². The van der Waals surface area contributed by atoms with Crippen molar-refractivity contribution in [1.82, 2.24) is 5.32 Å². The number of hydrogen-bond acceptors (Lipinski definition) is 1. The van der Waals surface area contributed by atoms with Gasteiger partial charge in [0.05, 0.1) is 5.02 Å². The highest BCUT2D eigenvalue weighted by atomic mass is 35.5. The van der Waals surface area contributed by atoms with Gasteiger partial charge < -0.3 is 5.32 Å². The highest BCUT2D eigenvalue weighted by Crippen LogP contribution is 2.16. The number of halogens is 3. The number of nitrogens with one attached hydrogen (secondary N) is 1. The predicted octanol–water partition coefficient (Wildman–Crippen LogP) is 3.86. The molecule has 1 amide bonds. The average molecular weight is 292 g/mol. The first-order chi connectivity index (χ1) is 8.45. The normalized spacial score (nSPS) is 12.6. The molecular formula is C13H16Cl2FNO. The van der Waals surface area contributed by atoms with Gasteiger partial charge in [-0.25, -0.2) is 4.39 Å². The molecule has 100 valence electrons. The van der Waals surface area contributed by atoms with Crippen molar-refractivity contribution in [2.45, 2.75) is 26.3 Å². The fourth-order valence-corrected chi connectivity index (χ4v) is 1.99. The maximum atomic E-state index is 13.0. The second-order valence-corrected chi connectivity index (χ2v) is 5.22. The Labute approximate surface area is 116 Å². The van der Waals surface area contributed by atoms with E-state index in [1.807, 2.05) is 13.8 Å². The summed E-state index contributed by atoms with van der Waals surface area (Å²) in [6.45, 7) is 4.02. The van der Waals surface area contributed by atoms with Crippen molar-refractivity contribution in [2.75, 3.05) is 5.88 Å². The third-order valence-corrected chi connectivity index (χ3v) is 3.23. The van der Waals surface area contributed by atoms with Crippen LogP contribution in [0, 0.1) is 11.7 Å². The summed E-state index contributed by atoms with van der Waals surface area (Å²) in [6.07, 6.45) is 0.694. The van der Waals surface area contributed by atoms with E-state index in [0.29, 0.717) is 17.9 Å². The lowest BCUT2D eigenvalue weighted by Gasteiger charge is -2.21. The van der Waals surface area contributed by atoms with E-state index in [4.69, 9.17) is 23.2 Å². The van der Waals surface area contributed by atoms with Crippen molar-refractivity contribution in [2.24, 2.45) is 5.92 Å². The molecule has 5 heteroatoms. The molecule has 0 aliphatic rings. The maximum absolute atomic E-state index is 13.0. The van der Waals surface area contributed by atoms with Crippen LogP contribution in [-0.2, 0) is 0 Å². The molecule has 0 spiro atoms. The Morgan fingerprint density at radius 1 is 1.44 bits per heavy atom. The fraction of sp³-hybridized carbons (Fsp3) is 0.462. The van der Waals surface area contributed by atoms with Crippen molar-refractivity contribution in [3.05, 3.63) is 34.6 Å². The van der Waals surface area contributed by atoms with Gasteiger partial charge in [-0.2, -0.15) is 0 Å². The highest BCUT2D eigenvalue weighted by Gasteiger charge is 2.17. The Bertz CT molecular complexity index is 423. The van der Waals surface area contributed by atoms with Crippen LogP contribution in [0.1, 0.15) is 30.6 Å². The van der Waals surface area contributed by atoms with E-state index in [0.717, 1.165) is 0 Å². The minimum absolute atomic E-state index is 0.00108. The Morgan fingerprint density at radius 2 is 2.11 bits per heavy atom. The smallest absolute Gasteiger partial charge is 0.251 e. The van der Waals surface area contributed by atoms with Crippen molar-refractivity contribution < 1.29 is 9.18 Å². The molecule has 1 unspecified atom stereocenters. The molecule has 0 aromatic heterocycles. The van der Waals surface area contributed by atoms with Crippen molar-refractivity contribution in [1.29, 1.82) is 0 Å². The number of amides is 1. The number of alkyl halides is 1. The second kappa shape index (κ2) is 6.95. The molecule has 0 fully saturated rings. The summed E-state index contributed by atoms with van der Waals surface area (Å²) < 4.78 is 13.0. The standard InChI is InChI=1S/C13H16Cl2FNO/c1-8(2)12(5-6-14)17-13(18)9-3-4-11(16)10(15)7-9/h3-4,7-8,12H,5-6H2,1-2H3,(H,17,18). The van der Waals surface area contributed by atoms with E-state index in [-0.39, 0.29) is 22.9 Å². The third kappa shape index (κ3) is 4.14. The molecule has 1 N–H and O–H groups in total. The van der Waals surface area contributed by atoms with E-state index < -0.39 is 5.82 Å². The monoisotopic (exact) mass is 291 g/mol. The van der Waals surface area contributed by atoms with Crippen molar-refractivity contribution >= 4 is 29.1 Å². The van der Waals surface area contributed by atoms with Gasteiger partial charge in [0.15, 0.2) is 0 Å². The number of benzene rings is 1. The van der Waals surface area contributed by atoms with Gasteiger partial charge in [-0.15, -0.1) is 11.6 Å². The largest absolute Gasteiger partial charge is 0.349 e. The van der Waals surface area contributed by atoms with Gasteiger partial charge in [-0.1, -0.05) is 25.4 Å². The highest BCUT2D eigenvalue weighted by molar-refractivity contribution is 6.31. The molecule has 1 aromatic rings. The van der Waals surface area contributed by atoms with Crippen LogP contribution >= 0.6 is 23.2 Å². The first kappa shape index (κ1) is 15.3. The Hall–Kier alpha value is -0.800. The lowest BCUT2D eigenvalue weighted by atomic mass is 10.0. The molecular weight excluding hydrogens is 276 g/mol. The van der Waals surface area contributed by atoms with Gasteiger partial charge in [-0.3, -0.25) is 4.79 Å². The van der Waals surface area contributed by atoms with Crippen LogP contribution in [0.3, 0.4) is 0 Å². The minimum Gasteiger partial charge on any atom is -0.349 e. The van der Waals surface area contributed by atoms with Crippen LogP contribution in [0.2, 0.25) is 5.02 Å². The summed E-state index contributed by atoms with van der Waals surface area (Å²) in [7, 11) is 0. The second-order valence-electron chi connectivity index (χ2n) is 4.43. The van der Waals surface area contributed by atoms with E-state index in [2.05, 4.69) is 5.32 Å². The molecule has 2 nitrogen and oxygen atoms in total. The summed E-state index contributed by atoms with van der Waals surface area (Å²) in [5.74, 6) is -0.0356. The average Bonchev–Trinajstić information content (AvgIpc) is 2.31. The molecule has 0 saturated carbocycles. The zero-order valence-electron chi connectivity index (χ0n) is 10.3. The molecule has 0 radical (unpaired) electrons. The van der Waals surface area contributed by atoms with Crippen LogP contribution in [0.15, 0.2) is 18.2 Å². The van der Waals surface area contributed by atoms with Gasteiger partial charge in [0.2, 0.25) is 0 Å². The summed E-state index contributed by atoms with van der Waals surface area (Å²) in [5.41, 5.74) is 0.349. The SMILES string of the molecule is CC(C)C(CCCl)NC(=O)c1ccc(F)c(Cl)c1. The number of carbonyl (C=O) groups is 1. The van der Waals surface area contributed by atoms with Crippen LogP contribution in [0.5, 0.6) is 0 Å². The Morgan fingerprint density at radius 3 is 2.61 bits per heavy atom. The molecule has 0 aliphatic heterocycles. The maximum Gasteiger partial charge on any atom is 0.251 e. The zero-order chi connectivity index (χ0) is 13.7. The lowest BCUT2D eigenvalue weighted by Crippen LogP contribution is -2.38. The summed E-state index contributed by atoms with van der Waals surface area (Å²) in [6, 6.07) is 3.92. The molecule has 18 heavy (non-hydrogen) atoms. The number of rotatable bonds is 5. The summed E-state index contributed by atoms with van der Waals surface area (Å²) in [4.78, 5) is 12.0. The van der Waals surface area contributed by atoms with Gasteiger partial charge in [0.1, 0.15) is 5.82 Å². The van der Waals surface area contributed by atoms with Crippen molar-refractivity contribution in [3.63, 3.8) is 0 Å². The van der Waals surface area contributed by atoms with E-state index in [1.165, 1.54) is 18.2 Å². The Kier molecular flexibility index (Phi) is 5.89. The third-order valence-electron chi connectivity index (χ3n) is 2.72. The van der Waals surface area contributed by atoms with Gasteiger partial charge in [0.25, 0.3) is 5.91 Å². The van der Waals surface area contributed by atoms with Gasteiger partial charge in [0, 0.05) is 17.5 Å². The zero-order valence-corrected chi connectivity index (χ0v) is 11.9. The van der Waals surface area contributed by atoms with E-state index in [1.54, 1.807) is 0 Å².